The molecule has 0 aliphatic carbocycles. The van der Waals surface area contributed by atoms with Crippen molar-refractivity contribution in [2.24, 2.45) is 11.1 Å². The number of nitrogens with one attached hydrogen (secondary N) is 1. The van der Waals surface area contributed by atoms with E-state index < -0.39 is 5.41 Å². The van der Waals surface area contributed by atoms with E-state index in [1.165, 1.54) is 0 Å². The maximum atomic E-state index is 12.3. The van der Waals surface area contributed by atoms with Crippen molar-refractivity contribution in [2.45, 2.75) is 26.7 Å². The fraction of sp³-hybridized carbons (Fsp3) is 0.421. The summed E-state index contributed by atoms with van der Waals surface area (Å²) in [5.74, 6) is 0.861. The van der Waals surface area contributed by atoms with Gasteiger partial charge in [0, 0.05) is 11.9 Å². The minimum Gasteiger partial charge on any atom is -0.491 e. The fourth-order valence-corrected chi connectivity index (χ4v) is 2.79. The number of fused-ring (bicyclic) bond motifs is 1. The van der Waals surface area contributed by atoms with E-state index in [0.717, 1.165) is 29.4 Å². The molecule has 3 N–H and O–H groups in total. The third-order valence-electron chi connectivity index (χ3n) is 4.62. The van der Waals surface area contributed by atoms with Crippen molar-refractivity contribution < 1.29 is 9.53 Å². The van der Waals surface area contributed by atoms with E-state index in [4.69, 9.17) is 10.5 Å². The molecule has 0 saturated heterocycles. The zero-order valence-electron chi connectivity index (χ0n) is 14.0. The molecular formula is C19H26N2O2. The molecule has 124 valence electrons. The monoisotopic (exact) mass is 314 g/mol. The summed E-state index contributed by atoms with van der Waals surface area (Å²) in [4.78, 5) is 12.3. The van der Waals surface area contributed by atoms with Crippen molar-refractivity contribution in [2.75, 3.05) is 19.7 Å². The molecular weight excluding hydrogens is 288 g/mol. The second-order valence-corrected chi connectivity index (χ2v) is 5.77. The summed E-state index contributed by atoms with van der Waals surface area (Å²) in [7, 11) is 0. The molecule has 0 saturated carbocycles. The molecule has 2 rings (SSSR count). The van der Waals surface area contributed by atoms with Crippen molar-refractivity contribution in [1.82, 2.24) is 5.32 Å². The van der Waals surface area contributed by atoms with Crippen LogP contribution in [0.25, 0.3) is 10.8 Å². The Morgan fingerprint density at radius 1 is 1.13 bits per heavy atom. The van der Waals surface area contributed by atoms with Gasteiger partial charge in [-0.3, -0.25) is 4.79 Å². The van der Waals surface area contributed by atoms with Crippen molar-refractivity contribution in [3.8, 4) is 5.75 Å². The van der Waals surface area contributed by atoms with Gasteiger partial charge in [0.1, 0.15) is 12.4 Å². The minimum atomic E-state index is -0.459. The summed E-state index contributed by atoms with van der Waals surface area (Å²) in [6, 6.07) is 14.1. The van der Waals surface area contributed by atoms with Gasteiger partial charge >= 0.3 is 0 Å². The summed E-state index contributed by atoms with van der Waals surface area (Å²) in [6.45, 7) is 5.29. The lowest BCUT2D eigenvalue weighted by Gasteiger charge is -2.28. The number of nitrogens with two attached hydrogens (primary N) is 1. The lowest BCUT2D eigenvalue weighted by Crippen LogP contribution is -2.46. The molecule has 0 radical (unpaired) electrons. The molecule has 0 unspecified atom stereocenters. The molecule has 0 aromatic heterocycles. The highest BCUT2D eigenvalue weighted by atomic mass is 16.5. The van der Waals surface area contributed by atoms with Gasteiger partial charge in [-0.05, 0) is 24.3 Å². The van der Waals surface area contributed by atoms with E-state index in [2.05, 4.69) is 17.4 Å². The third-order valence-corrected chi connectivity index (χ3v) is 4.62. The molecule has 4 nitrogen and oxygen atoms in total. The fourth-order valence-electron chi connectivity index (χ4n) is 2.79. The van der Waals surface area contributed by atoms with E-state index in [0.29, 0.717) is 19.7 Å². The highest BCUT2D eigenvalue weighted by molar-refractivity contribution is 5.88. The third kappa shape index (κ3) is 3.82. The van der Waals surface area contributed by atoms with Crippen LogP contribution < -0.4 is 15.8 Å². The Balaban J connectivity index is 1.91. The first-order chi connectivity index (χ1) is 11.2. The Morgan fingerprint density at radius 3 is 2.52 bits per heavy atom. The number of hydrogen-bond acceptors (Lipinski definition) is 3. The van der Waals surface area contributed by atoms with Crippen molar-refractivity contribution >= 4 is 16.7 Å². The van der Waals surface area contributed by atoms with Gasteiger partial charge in [0.25, 0.3) is 0 Å². The first kappa shape index (κ1) is 17.3. The number of amides is 1. The Bertz CT molecular complexity index is 637. The van der Waals surface area contributed by atoms with E-state index in [1.807, 2.05) is 44.2 Å². The summed E-state index contributed by atoms with van der Waals surface area (Å²) in [6.07, 6.45) is 1.49. The topological polar surface area (TPSA) is 64.4 Å². The highest BCUT2D eigenvalue weighted by Crippen LogP contribution is 2.26. The second-order valence-electron chi connectivity index (χ2n) is 5.77. The van der Waals surface area contributed by atoms with Crippen LogP contribution in [0.3, 0.4) is 0 Å². The zero-order chi connectivity index (χ0) is 16.7. The maximum absolute atomic E-state index is 12.3. The lowest BCUT2D eigenvalue weighted by molar-refractivity contribution is -0.131. The molecule has 0 atom stereocenters. The molecule has 0 spiro atoms. The molecule has 0 heterocycles. The van der Waals surface area contributed by atoms with Gasteiger partial charge in [-0.25, -0.2) is 0 Å². The first-order valence-electron chi connectivity index (χ1n) is 8.25. The molecule has 1 amide bonds. The van der Waals surface area contributed by atoms with Gasteiger partial charge < -0.3 is 15.8 Å². The standard InChI is InChI=1S/C19H26N2O2/c1-3-19(4-2,14-20)18(22)21-12-13-23-17-11-7-9-15-8-5-6-10-16(15)17/h5-11H,3-4,12-14,20H2,1-2H3,(H,21,22). The van der Waals surface area contributed by atoms with Crippen LogP contribution in [0.4, 0.5) is 0 Å². The molecule has 0 bridgehead atoms. The van der Waals surface area contributed by atoms with Crippen LogP contribution in [-0.2, 0) is 4.79 Å². The van der Waals surface area contributed by atoms with Crippen LogP contribution in [0.15, 0.2) is 42.5 Å². The Hall–Kier alpha value is -2.07. The summed E-state index contributed by atoms with van der Waals surface area (Å²) >= 11 is 0. The summed E-state index contributed by atoms with van der Waals surface area (Å²) in [5.41, 5.74) is 5.34. The average molecular weight is 314 g/mol. The molecule has 0 aliphatic heterocycles. The number of hydrogen-bond donors (Lipinski definition) is 2. The van der Waals surface area contributed by atoms with E-state index in [1.54, 1.807) is 0 Å². The van der Waals surface area contributed by atoms with Gasteiger partial charge in [0.15, 0.2) is 0 Å². The molecule has 2 aromatic rings. The Labute approximate surface area is 138 Å². The number of rotatable bonds is 8. The van der Waals surface area contributed by atoms with Crippen LogP contribution in [0, 0.1) is 5.41 Å². The van der Waals surface area contributed by atoms with Crippen molar-refractivity contribution in [3.05, 3.63) is 42.5 Å². The quantitative estimate of drug-likeness (QED) is 0.736. The van der Waals surface area contributed by atoms with Gasteiger partial charge in [0.05, 0.1) is 12.0 Å². The van der Waals surface area contributed by atoms with Crippen molar-refractivity contribution in [1.29, 1.82) is 0 Å². The minimum absolute atomic E-state index is 0.0199. The predicted molar refractivity (Wildman–Crippen MR) is 94.5 cm³/mol. The summed E-state index contributed by atoms with van der Waals surface area (Å²) in [5, 5.41) is 5.18. The van der Waals surface area contributed by atoms with Gasteiger partial charge in [0.2, 0.25) is 5.91 Å². The Kier molecular flexibility index (Phi) is 5.99. The van der Waals surface area contributed by atoms with E-state index in [-0.39, 0.29) is 5.91 Å². The van der Waals surface area contributed by atoms with Crippen LogP contribution in [0.2, 0.25) is 0 Å². The first-order valence-corrected chi connectivity index (χ1v) is 8.25. The lowest BCUT2D eigenvalue weighted by atomic mass is 9.81. The second kappa shape index (κ2) is 7.97. The molecule has 0 aliphatic rings. The van der Waals surface area contributed by atoms with E-state index >= 15 is 0 Å². The maximum Gasteiger partial charge on any atom is 0.227 e. The van der Waals surface area contributed by atoms with Crippen LogP contribution in [-0.4, -0.2) is 25.6 Å². The molecule has 4 heteroatoms. The predicted octanol–water partition coefficient (Wildman–Crippen LogP) is 3.10. The highest BCUT2D eigenvalue weighted by Gasteiger charge is 2.32. The SMILES string of the molecule is CCC(CC)(CN)C(=O)NCCOc1cccc2ccccc12. The van der Waals surface area contributed by atoms with Gasteiger partial charge in [-0.1, -0.05) is 50.2 Å². The van der Waals surface area contributed by atoms with Gasteiger partial charge in [-0.2, -0.15) is 0 Å². The number of carbonyl (C=O) groups excluding carboxylic acids is 1. The zero-order valence-corrected chi connectivity index (χ0v) is 14.0. The molecule has 23 heavy (non-hydrogen) atoms. The smallest absolute Gasteiger partial charge is 0.227 e. The Morgan fingerprint density at radius 2 is 1.83 bits per heavy atom. The number of carbonyl (C=O) groups is 1. The van der Waals surface area contributed by atoms with Crippen LogP contribution in [0.5, 0.6) is 5.75 Å². The number of benzene rings is 2. The van der Waals surface area contributed by atoms with E-state index in [9.17, 15) is 4.79 Å². The average Bonchev–Trinajstić information content (AvgIpc) is 2.61. The van der Waals surface area contributed by atoms with Crippen LogP contribution >= 0.6 is 0 Å². The largest absolute Gasteiger partial charge is 0.491 e. The van der Waals surface area contributed by atoms with Crippen molar-refractivity contribution in [3.63, 3.8) is 0 Å². The van der Waals surface area contributed by atoms with Gasteiger partial charge in [-0.15, -0.1) is 0 Å². The molecule has 0 fully saturated rings. The van der Waals surface area contributed by atoms with Crippen LogP contribution in [0.1, 0.15) is 26.7 Å². The normalized spacial score (nSPS) is 11.4. The summed E-state index contributed by atoms with van der Waals surface area (Å²) < 4.78 is 5.84. The number of ether oxygens (including phenoxy) is 1. The molecule has 2 aromatic carbocycles.